The van der Waals surface area contributed by atoms with Gasteiger partial charge in [-0.3, -0.25) is 14.9 Å². The number of nitro benzene ring substituents is 1. The minimum atomic E-state index is -0.764. The van der Waals surface area contributed by atoms with Gasteiger partial charge in [-0.1, -0.05) is 13.3 Å². The molecule has 6 nitrogen and oxygen atoms in total. The third kappa shape index (κ3) is 6.12. The first kappa shape index (κ1) is 17.4. The Balaban J connectivity index is 2.47. The highest BCUT2D eigenvalue weighted by Gasteiger charge is 2.11. The van der Waals surface area contributed by atoms with Crippen molar-refractivity contribution in [3.63, 3.8) is 0 Å². The number of rotatable bonds is 9. The van der Waals surface area contributed by atoms with Crippen LogP contribution in [-0.4, -0.2) is 22.5 Å². The molecule has 0 heterocycles. The van der Waals surface area contributed by atoms with E-state index in [-0.39, 0.29) is 12.1 Å². The Bertz CT molecular complexity index is 508. The Morgan fingerprint density at radius 3 is 2.71 bits per heavy atom. The molecule has 1 aromatic rings. The van der Waals surface area contributed by atoms with E-state index >= 15 is 0 Å². The molecule has 0 bridgehead atoms. The first-order chi connectivity index (χ1) is 9.93. The van der Waals surface area contributed by atoms with Gasteiger partial charge in [-0.25, -0.2) is 0 Å². The fraction of sp³-hybridized carbons (Fsp3) is 0.500. The van der Waals surface area contributed by atoms with Crippen LogP contribution in [0, 0.1) is 16.0 Å². The molecule has 7 heteroatoms. The van der Waals surface area contributed by atoms with Crippen molar-refractivity contribution in [2.75, 3.05) is 11.9 Å². The number of halogens is 1. The van der Waals surface area contributed by atoms with Gasteiger partial charge in [-0.15, -0.1) is 0 Å². The first-order valence-electron chi connectivity index (χ1n) is 6.83. The van der Waals surface area contributed by atoms with Gasteiger partial charge in [0.15, 0.2) is 0 Å². The maximum absolute atomic E-state index is 10.6. The third-order valence-corrected chi connectivity index (χ3v) is 4.03. The molecule has 0 radical (unpaired) electrons. The lowest BCUT2D eigenvalue weighted by molar-refractivity contribution is -0.384. The highest BCUT2D eigenvalue weighted by Crippen LogP contribution is 2.27. The summed E-state index contributed by atoms with van der Waals surface area (Å²) in [5.41, 5.74) is 0.842. The number of benzene rings is 1. The largest absolute Gasteiger partial charge is 0.481 e. The van der Waals surface area contributed by atoms with Gasteiger partial charge < -0.3 is 10.4 Å². The zero-order chi connectivity index (χ0) is 15.8. The molecular weight excluding hydrogens is 340 g/mol. The second-order valence-electron chi connectivity index (χ2n) is 4.84. The zero-order valence-corrected chi connectivity index (χ0v) is 13.4. The molecule has 1 atom stereocenters. The zero-order valence-electron chi connectivity index (χ0n) is 11.8. The van der Waals surface area contributed by atoms with Crippen molar-refractivity contribution in [3.8, 4) is 0 Å². The van der Waals surface area contributed by atoms with Crippen molar-refractivity contribution in [2.45, 2.75) is 32.6 Å². The Labute approximate surface area is 131 Å². The number of nitrogens with zero attached hydrogens (tertiary/aromatic N) is 1. The second-order valence-corrected chi connectivity index (χ2v) is 5.70. The molecule has 0 aliphatic rings. The topological polar surface area (TPSA) is 92.5 Å². The summed E-state index contributed by atoms with van der Waals surface area (Å²) in [7, 11) is 0. The van der Waals surface area contributed by atoms with E-state index in [1.807, 2.05) is 6.92 Å². The quantitative estimate of drug-likeness (QED) is 0.513. The van der Waals surface area contributed by atoms with Gasteiger partial charge >= 0.3 is 5.97 Å². The number of carbonyl (C=O) groups is 1. The summed E-state index contributed by atoms with van der Waals surface area (Å²) in [5.74, 6) is -0.398. The van der Waals surface area contributed by atoms with E-state index in [2.05, 4.69) is 21.2 Å². The maximum atomic E-state index is 10.6. The fourth-order valence-electron chi connectivity index (χ4n) is 2.05. The average molecular weight is 359 g/mol. The summed E-state index contributed by atoms with van der Waals surface area (Å²) in [5, 5.41) is 22.6. The summed E-state index contributed by atoms with van der Waals surface area (Å²) in [6.45, 7) is 2.75. The molecule has 0 aliphatic carbocycles. The van der Waals surface area contributed by atoms with Crippen LogP contribution in [0.2, 0.25) is 0 Å². The van der Waals surface area contributed by atoms with Crippen molar-refractivity contribution in [1.82, 2.24) is 0 Å². The third-order valence-electron chi connectivity index (χ3n) is 3.38. The van der Waals surface area contributed by atoms with Crippen LogP contribution in [0.4, 0.5) is 11.4 Å². The van der Waals surface area contributed by atoms with Crippen molar-refractivity contribution < 1.29 is 14.8 Å². The summed E-state index contributed by atoms with van der Waals surface area (Å²) in [6.07, 6.45) is 2.68. The van der Waals surface area contributed by atoms with E-state index in [0.717, 1.165) is 18.5 Å². The molecule has 0 spiro atoms. The molecule has 0 aromatic heterocycles. The number of hydrogen-bond acceptors (Lipinski definition) is 4. The van der Waals surface area contributed by atoms with E-state index in [1.165, 1.54) is 12.1 Å². The van der Waals surface area contributed by atoms with Crippen molar-refractivity contribution in [1.29, 1.82) is 0 Å². The van der Waals surface area contributed by atoms with Crippen LogP contribution in [-0.2, 0) is 4.79 Å². The molecule has 0 saturated carbocycles. The summed E-state index contributed by atoms with van der Waals surface area (Å²) >= 11 is 3.30. The van der Waals surface area contributed by atoms with Gasteiger partial charge in [0.2, 0.25) is 0 Å². The van der Waals surface area contributed by atoms with Crippen LogP contribution in [0.1, 0.15) is 32.6 Å². The van der Waals surface area contributed by atoms with Crippen LogP contribution in [0.3, 0.4) is 0 Å². The van der Waals surface area contributed by atoms with Gasteiger partial charge in [0.1, 0.15) is 0 Å². The Kier molecular flexibility index (Phi) is 7.14. The summed E-state index contributed by atoms with van der Waals surface area (Å²) in [6, 6.07) is 4.58. The molecule has 1 rings (SSSR count). The normalized spacial score (nSPS) is 11.9. The number of carboxylic acids is 1. The molecule has 2 N–H and O–H groups in total. The van der Waals surface area contributed by atoms with Crippen molar-refractivity contribution in [2.24, 2.45) is 5.92 Å². The van der Waals surface area contributed by atoms with Crippen LogP contribution >= 0.6 is 15.9 Å². The molecule has 1 unspecified atom stereocenters. The van der Waals surface area contributed by atoms with Crippen LogP contribution in [0.5, 0.6) is 0 Å². The smallest absolute Gasteiger partial charge is 0.303 e. The lowest BCUT2D eigenvalue weighted by Crippen LogP contribution is -2.10. The van der Waals surface area contributed by atoms with Gasteiger partial charge in [0.05, 0.1) is 4.92 Å². The standard InChI is InChI=1S/C14H19BrN2O4/c1-2-10(3-6-14(18)19)7-8-16-13-5-4-11(17(20)21)9-12(13)15/h4-5,9-10,16H,2-3,6-8H2,1H3,(H,18,19). The molecular formula is C14H19BrN2O4. The van der Waals surface area contributed by atoms with Gasteiger partial charge in [-0.2, -0.15) is 0 Å². The highest BCUT2D eigenvalue weighted by atomic mass is 79.9. The monoisotopic (exact) mass is 358 g/mol. The Morgan fingerprint density at radius 2 is 2.19 bits per heavy atom. The maximum Gasteiger partial charge on any atom is 0.303 e. The number of non-ortho nitro benzene ring substituents is 1. The van der Waals surface area contributed by atoms with E-state index in [9.17, 15) is 14.9 Å². The minimum absolute atomic E-state index is 0.0420. The number of nitrogens with one attached hydrogen (secondary N) is 1. The summed E-state index contributed by atoms with van der Waals surface area (Å²) < 4.78 is 0.648. The number of anilines is 1. The van der Waals surface area contributed by atoms with Crippen LogP contribution in [0.15, 0.2) is 22.7 Å². The summed E-state index contributed by atoms with van der Waals surface area (Å²) in [4.78, 5) is 20.8. The van der Waals surface area contributed by atoms with Crippen LogP contribution in [0.25, 0.3) is 0 Å². The molecule has 21 heavy (non-hydrogen) atoms. The molecule has 0 amide bonds. The predicted octanol–water partition coefficient (Wildman–Crippen LogP) is 4.05. The van der Waals surface area contributed by atoms with Gasteiger partial charge in [0.25, 0.3) is 5.69 Å². The van der Waals surface area contributed by atoms with Crippen molar-refractivity contribution >= 4 is 33.3 Å². The molecule has 0 aliphatic heterocycles. The lowest BCUT2D eigenvalue weighted by Gasteiger charge is -2.15. The van der Waals surface area contributed by atoms with Gasteiger partial charge in [-0.05, 0) is 40.8 Å². The highest BCUT2D eigenvalue weighted by molar-refractivity contribution is 9.10. The number of aliphatic carboxylic acids is 1. The molecule has 116 valence electrons. The SMILES string of the molecule is CCC(CCNc1ccc([N+](=O)[O-])cc1Br)CCC(=O)O. The van der Waals surface area contributed by atoms with Crippen molar-refractivity contribution in [3.05, 3.63) is 32.8 Å². The van der Waals surface area contributed by atoms with E-state index < -0.39 is 10.9 Å². The number of nitro groups is 1. The predicted molar refractivity (Wildman–Crippen MR) is 84.6 cm³/mol. The molecule has 1 aromatic carbocycles. The van der Waals surface area contributed by atoms with E-state index in [1.54, 1.807) is 6.07 Å². The number of hydrogen-bond donors (Lipinski definition) is 2. The second kappa shape index (κ2) is 8.61. The molecule has 0 saturated heterocycles. The fourth-order valence-corrected chi connectivity index (χ4v) is 2.56. The minimum Gasteiger partial charge on any atom is -0.481 e. The number of carboxylic acid groups (broad SMARTS) is 1. The van der Waals surface area contributed by atoms with E-state index in [0.29, 0.717) is 23.4 Å². The van der Waals surface area contributed by atoms with Gasteiger partial charge in [0, 0.05) is 35.3 Å². The Morgan fingerprint density at radius 1 is 1.48 bits per heavy atom. The van der Waals surface area contributed by atoms with E-state index in [4.69, 9.17) is 5.11 Å². The first-order valence-corrected chi connectivity index (χ1v) is 7.63. The molecule has 0 fully saturated rings. The Hall–Kier alpha value is -1.63. The lowest BCUT2D eigenvalue weighted by atomic mass is 9.96. The van der Waals surface area contributed by atoms with Crippen LogP contribution < -0.4 is 5.32 Å². The average Bonchev–Trinajstić information content (AvgIpc) is 2.43.